The van der Waals surface area contributed by atoms with Crippen LogP contribution in [0.4, 0.5) is 0 Å². The maximum absolute atomic E-state index is 6.62. The van der Waals surface area contributed by atoms with Gasteiger partial charge in [-0.05, 0) is 50.5 Å². The molecule has 4 unspecified atom stereocenters. The highest BCUT2D eigenvalue weighted by molar-refractivity contribution is 4.94. The van der Waals surface area contributed by atoms with E-state index in [4.69, 9.17) is 9.47 Å². The molecule has 1 saturated heterocycles. The summed E-state index contributed by atoms with van der Waals surface area (Å²) in [6, 6.07) is 0.756. The van der Waals surface area contributed by atoms with Crippen LogP contribution in [0.1, 0.15) is 91.9 Å². The standard InChI is InChI=1S/C23H43NO2/c1-6-13-22(3,4)19-12-14-23(18(2)15-19)25-17-21(26-23)16-24(5)20-10-8-7-9-11-20/h18-21H,6-17H2,1-5H3. The third kappa shape index (κ3) is 4.47. The molecule has 0 N–H and O–H groups in total. The summed E-state index contributed by atoms with van der Waals surface area (Å²) in [6.45, 7) is 11.4. The van der Waals surface area contributed by atoms with Gasteiger partial charge in [0, 0.05) is 24.9 Å². The Morgan fingerprint density at radius 1 is 1.12 bits per heavy atom. The van der Waals surface area contributed by atoms with Gasteiger partial charge in [0.05, 0.1) is 12.7 Å². The van der Waals surface area contributed by atoms with Crippen LogP contribution >= 0.6 is 0 Å². The summed E-state index contributed by atoms with van der Waals surface area (Å²) in [7, 11) is 2.29. The zero-order valence-electron chi connectivity index (χ0n) is 18.1. The lowest BCUT2D eigenvalue weighted by atomic mass is 9.65. The molecule has 0 aromatic heterocycles. The Balaban J connectivity index is 1.52. The average Bonchev–Trinajstić information content (AvgIpc) is 3.02. The van der Waals surface area contributed by atoms with Crippen molar-refractivity contribution in [3.8, 4) is 0 Å². The van der Waals surface area contributed by atoms with Crippen LogP contribution in [0, 0.1) is 17.3 Å². The fourth-order valence-electron chi connectivity index (χ4n) is 5.96. The average molecular weight is 366 g/mol. The highest BCUT2D eigenvalue weighted by Crippen LogP contribution is 2.50. The maximum atomic E-state index is 6.62. The topological polar surface area (TPSA) is 21.7 Å². The Morgan fingerprint density at radius 2 is 1.85 bits per heavy atom. The summed E-state index contributed by atoms with van der Waals surface area (Å²) in [4.78, 5) is 2.55. The lowest BCUT2D eigenvalue weighted by Crippen LogP contribution is -2.46. The van der Waals surface area contributed by atoms with Crippen molar-refractivity contribution < 1.29 is 9.47 Å². The fourth-order valence-corrected chi connectivity index (χ4v) is 5.96. The molecule has 0 aromatic carbocycles. The Morgan fingerprint density at radius 3 is 2.50 bits per heavy atom. The van der Waals surface area contributed by atoms with Crippen molar-refractivity contribution in [3.63, 3.8) is 0 Å². The first-order valence-corrected chi connectivity index (χ1v) is 11.4. The molecule has 3 fully saturated rings. The molecule has 0 amide bonds. The highest BCUT2D eigenvalue weighted by Gasteiger charge is 2.51. The molecule has 3 nitrogen and oxygen atoms in total. The summed E-state index contributed by atoms with van der Waals surface area (Å²) in [5, 5.41) is 0. The lowest BCUT2D eigenvalue weighted by molar-refractivity contribution is -0.229. The second-order valence-corrected chi connectivity index (χ2v) is 10.2. The van der Waals surface area contributed by atoms with Gasteiger partial charge in [-0.25, -0.2) is 0 Å². The molecule has 2 aliphatic carbocycles. The Labute approximate surface area is 162 Å². The van der Waals surface area contributed by atoms with Gasteiger partial charge >= 0.3 is 0 Å². The molecule has 3 rings (SSSR count). The van der Waals surface area contributed by atoms with E-state index < -0.39 is 0 Å². The number of ether oxygens (including phenoxy) is 2. The number of nitrogens with zero attached hydrogens (tertiary/aromatic N) is 1. The molecule has 1 aliphatic heterocycles. The first-order valence-electron chi connectivity index (χ1n) is 11.4. The van der Waals surface area contributed by atoms with Crippen molar-refractivity contribution in [1.29, 1.82) is 0 Å². The van der Waals surface area contributed by atoms with E-state index in [0.717, 1.165) is 31.5 Å². The Kier molecular flexibility index (Phi) is 6.73. The molecule has 3 heteroatoms. The van der Waals surface area contributed by atoms with E-state index in [1.54, 1.807) is 0 Å². The van der Waals surface area contributed by atoms with Gasteiger partial charge in [0.1, 0.15) is 0 Å². The SMILES string of the molecule is CCCC(C)(C)C1CCC2(OCC(CN(C)C3CCCCC3)O2)C(C)C1. The summed E-state index contributed by atoms with van der Waals surface area (Å²) in [6.07, 6.45) is 13.4. The molecule has 4 atom stereocenters. The van der Waals surface area contributed by atoms with Gasteiger partial charge in [-0.3, -0.25) is 0 Å². The summed E-state index contributed by atoms with van der Waals surface area (Å²) >= 11 is 0. The Bertz CT molecular complexity index is 445. The van der Waals surface area contributed by atoms with Gasteiger partial charge < -0.3 is 14.4 Å². The van der Waals surface area contributed by atoms with Crippen molar-refractivity contribution in [2.24, 2.45) is 17.3 Å². The van der Waals surface area contributed by atoms with Gasteiger partial charge in [0.15, 0.2) is 5.79 Å². The van der Waals surface area contributed by atoms with E-state index in [-0.39, 0.29) is 11.9 Å². The van der Waals surface area contributed by atoms with Gasteiger partial charge in [0.25, 0.3) is 0 Å². The molecular formula is C23H43NO2. The quantitative estimate of drug-likeness (QED) is 0.609. The lowest BCUT2D eigenvalue weighted by Gasteiger charge is -2.46. The van der Waals surface area contributed by atoms with E-state index in [9.17, 15) is 0 Å². The van der Waals surface area contributed by atoms with Crippen LogP contribution in [-0.4, -0.2) is 43.0 Å². The number of likely N-dealkylation sites (N-methyl/N-ethyl adjacent to an activating group) is 1. The molecule has 1 spiro atoms. The van der Waals surface area contributed by atoms with Gasteiger partial charge in [-0.2, -0.15) is 0 Å². The van der Waals surface area contributed by atoms with Crippen LogP contribution in [0.5, 0.6) is 0 Å². The number of rotatable bonds is 6. The molecular weight excluding hydrogens is 322 g/mol. The third-order valence-electron chi connectivity index (χ3n) is 7.80. The van der Waals surface area contributed by atoms with E-state index in [1.807, 2.05) is 0 Å². The zero-order valence-corrected chi connectivity index (χ0v) is 18.1. The smallest absolute Gasteiger partial charge is 0.171 e. The third-order valence-corrected chi connectivity index (χ3v) is 7.80. The molecule has 0 radical (unpaired) electrons. The molecule has 2 saturated carbocycles. The van der Waals surface area contributed by atoms with Crippen molar-refractivity contribution in [1.82, 2.24) is 4.90 Å². The zero-order chi connectivity index (χ0) is 18.8. The monoisotopic (exact) mass is 365 g/mol. The van der Waals surface area contributed by atoms with Crippen LogP contribution in [0.2, 0.25) is 0 Å². The number of hydrogen-bond acceptors (Lipinski definition) is 3. The van der Waals surface area contributed by atoms with Crippen LogP contribution in [0.25, 0.3) is 0 Å². The minimum atomic E-state index is -0.295. The molecule has 0 aromatic rings. The second kappa shape index (κ2) is 8.49. The molecule has 0 bridgehead atoms. The van der Waals surface area contributed by atoms with Crippen LogP contribution in [0.15, 0.2) is 0 Å². The maximum Gasteiger partial charge on any atom is 0.171 e. The minimum absolute atomic E-state index is 0.254. The van der Waals surface area contributed by atoms with Gasteiger partial charge in [-0.1, -0.05) is 53.4 Å². The molecule has 3 aliphatic rings. The molecule has 1 heterocycles. The summed E-state index contributed by atoms with van der Waals surface area (Å²) in [5.74, 6) is 1.01. The van der Waals surface area contributed by atoms with Crippen molar-refractivity contribution >= 4 is 0 Å². The predicted octanol–water partition coefficient (Wildman–Crippen LogP) is 5.63. The van der Waals surface area contributed by atoms with Crippen LogP contribution in [-0.2, 0) is 9.47 Å². The van der Waals surface area contributed by atoms with Crippen LogP contribution < -0.4 is 0 Å². The first kappa shape index (κ1) is 20.6. The second-order valence-electron chi connectivity index (χ2n) is 10.2. The first-order chi connectivity index (χ1) is 12.4. The molecule has 152 valence electrons. The van der Waals surface area contributed by atoms with Gasteiger partial charge in [-0.15, -0.1) is 0 Å². The van der Waals surface area contributed by atoms with Crippen LogP contribution in [0.3, 0.4) is 0 Å². The van der Waals surface area contributed by atoms with E-state index in [1.165, 1.54) is 57.8 Å². The predicted molar refractivity (Wildman–Crippen MR) is 108 cm³/mol. The largest absolute Gasteiger partial charge is 0.347 e. The summed E-state index contributed by atoms with van der Waals surface area (Å²) in [5.41, 5.74) is 0.448. The summed E-state index contributed by atoms with van der Waals surface area (Å²) < 4.78 is 13.0. The minimum Gasteiger partial charge on any atom is -0.347 e. The van der Waals surface area contributed by atoms with Crippen molar-refractivity contribution in [3.05, 3.63) is 0 Å². The van der Waals surface area contributed by atoms with Crippen molar-refractivity contribution in [2.45, 2.75) is 110 Å². The van der Waals surface area contributed by atoms with E-state index >= 15 is 0 Å². The van der Waals surface area contributed by atoms with E-state index in [2.05, 4.69) is 39.6 Å². The Hall–Kier alpha value is -0.120. The van der Waals surface area contributed by atoms with E-state index in [0.29, 0.717) is 11.3 Å². The van der Waals surface area contributed by atoms with Gasteiger partial charge in [0.2, 0.25) is 0 Å². The fraction of sp³-hybridized carbons (Fsp3) is 1.00. The number of hydrogen-bond donors (Lipinski definition) is 0. The van der Waals surface area contributed by atoms with Crippen molar-refractivity contribution in [2.75, 3.05) is 20.2 Å². The normalized spacial score (nSPS) is 36.9. The molecule has 26 heavy (non-hydrogen) atoms. The highest BCUT2D eigenvalue weighted by atomic mass is 16.7.